The van der Waals surface area contributed by atoms with Crippen LogP contribution in [0.25, 0.3) is 0 Å². The lowest BCUT2D eigenvalue weighted by Gasteiger charge is -2.26. The molecule has 0 saturated heterocycles. The zero-order valence-electron chi connectivity index (χ0n) is 16.1. The molecule has 2 N–H and O–H groups in total. The van der Waals surface area contributed by atoms with Gasteiger partial charge < -0.3 is 15.4 Å². The molecule has 2 heterocycles. The maximum absolute atomic E-state index is 6.00. The molecule has 7 nitrogen and oxygen atoms in total. The molecule has 0 radical (unpaired) electrons. The number of ether oxygens (including phenoxy) is 1. The molecule has 0 bridgehead atoms. The van der Waals surface area contributed by atoms with Crippen LogP contribution in [0.3, 0.4) is 0 Å². The SMILES string of the molecule is CCc1nc2n(n1)CC(NC(=NC)NCC(C)Oc1cccc(Cl)c1)CC2. The topological polar surface area (TPSA) is 76.4 Å². The summed E-state index contributed by atoms with van der Waals surface area (Å²) in [7, 11) is 1.77. The van der Waals surface area contributed by atoms with Crippen LogP contribution in [0.15, 0.2) is 29.3 Å². The molecular weight excluding hydrogens is 364 g/mol. The van der Waals surface area contributed by atoms with Crippen molar-refractivity contribution in [3.05, 3.63) is 40.9 Å². The average molecular weight is 391 g/mol. The first-order valence-corrected chi connectivity index (χ1v) is 9.77. The molecule has 3 rings (SSSR count). The van der Waals surface area contributed by atoms with Crippen molar-refractivity contribution in [3.63, 3.8) is 0 Å². The quantitative estimate of drug-likeness (QED) is 0.585. The van der Waals surface area contributed by atoms with Gasteiger partial charge in [-0.2, -0.15) is 5.10 Å². The van der Waals surface area contributed by atoms with Crippen LogP contribution in [0.4, 0.5) is 0 Å². The zero-order chi connectivity index (χ0) is 19.2. The molecule has 0 aliphatic carbocycles. The molecule has 2 unspecified atom stereocenters. The molecule has 2 aromatic rings. The van der Waals surface area contributed by atoms with Crippen LogP contribution >= 0.6 is 11.6 Å². The molecule has 27 heavy (non-hydrogen) atoms. The van der Waals surface area contributed by atoms with Crippen molar-refractivity contribution in [3.8, 4) is 5.75 Å². The molecule has 1 aliphatic heterocycles. The summed E-state index contributed by atoms with van der Waals surface area (Å²) in [5.74, 6) is 3.52. The Morgan fingerprint density at radius 2 is 2.33 bits per heavy atom. The first-order chi connectivity index (χ1) is 13.1. The molecule has 1 aromatic heterocycles. The Hall–Kier alpha value is -2.28. The Balaban J connectivity index is 1.48. The lowest BCUT2D eigenvalue weighted by molar-refractivity contribution is 0.223. The maximum atomic E-state index is 6.00. The Bertz CT molecular complexity index is 790. The fourth-order valence-electron chi connectivity index (χ4n) is 3.07. The Labute approximate surface area is 165 Å². The predicted octanol–water partition coefficient (Wildman–Crippen LogP) is 2.44. The summed E-state index contributed by atoms with van der Waals surface area (Å²) in [6.45, 7) is 5.52. The highest BCUT2D eigenvalue weighted by molar-refractivity contribution is 6.30. The lowest BCUT2D eigenvalue weighted by Crippen LogP contribution is -2.48. The van der Waals surface area contributed by atoms with E-state index >= 15 is 0 Å². The number of aliphatic imine (C=N–C) groups is 1. The second-order valence-corrected chi connectivity index (χ2v) is 7.14. The molecule has 8 heteroatoms. The van der Waals surface area contributed by atoms with E-state index in [1.807, 2.05) is 35.9 Å². The minimum absolute atomic E-state index is 0.0256. The first-order valence-electron chi connectivity index (χ1n) is 9.39. The second kappa shape index (κ2) is 9.08. The Morgan fingerprint density at radius 1 is 1.48 bits per heavy atom. The van der Waals surface area contributed by atoms with Crippen LogP contribution in [0.2, 0.25) is 5.02 Å². The van der Waals surface area contributed by atoms with Gasteiger partial charge in [0.05, 0.1) is 13.1 Å². The summed E-state index contributed by atoms with van der Waals surface area (Å²) in [4.78, 5) is 8.89. The zero-order valence-corrected chi connectivity index (χ0v) is 16.8. The number of guanidine groups is 1. The number of benzene rings is 1. The number of halogens is 1. The van der Waals surface area contributed by atoms with Crippen molar-refractivity contribution in [1.29, 1.82) is 0 Å². The molecule has 0 saturated carbocycles. The maximum Gasteiger partial charge on any atom is 0.191 e. The molecule has 1 aliphatic rings. The van der Waals surface area contributed by atoms with Crippen LogP contribution in [-0.4, -0.2) is 46.5 Å². The number of fused-ring (bicyclic) bond motifs is 1. The van der Waals surface area contributed by atoms with Gasteiger partial charge in [-0.1, -0.05) is 24.6 Å². The molecule has 2 atom stereocenters. The summed E-state index contributed by atoms with van der Waals surface area (Å²) in [6, 6.07) is 7.70. The van der Waals surface area contributed by atoms with E-state index in [4.69, 9.17) is 16.3 Å². The van der Waals surface area contributed by atoms with E-state index in [2.05, 4.69) is 32.6 Å². The van der Waals surface area contributed by atoms with E-state index in [0.29, 0.717) is 11.6 Å². The summed E-state index contributed by atoms with van der Waals surface area (Å²) in [6.07, 6.45) is 2.78. The highest BCUT2D eigenvalue weighted by atomic mass is 35.5. The second-order valence-electron chi connectivity index (χ2n) is 6.70. The minimum atomic E-state index is -0.0256. The summed E-state index contributed by atoms with van der Waals surface area (Å²) < 4.78 is 7.90. The number of hydrogen-bond donors (Lipinski definition) is 2. The van der Waals surface area contributed by atoms with Crippen LogP contribution in [0.1, 0.15) is 31.9 Å². The van der Waals surface area contributed by atoms with E-state index in [1.165, 1.54) is 0 Å². The number of aromatic nitrogens is 3. The van der Waals surface area contributed by atoms with E-state index in [0.717, 1.165) is 49.2 Å². The van der Waals surface area contributed by atoms with Gasteiger partial charge in [0.1, 0.15) is 17.7 Å². The standard InChI is InChI=1S/C19H27ClN6O/c1-4-17-24-18-9-8-15(12-26(18)25-17)23-19(21-3)22-11-13(2)27-16-7-5-6-14(20)10-16/h5-7,10,13,15H,4,8-9,11-12H2,1-3H3,(H2,21,22,23). The first kappa shape index (κ1) is 19.5. The fraction of sp³-hybridized carbons (Fsp3) is 0.526. The van der Waals surface area contributed by atoms with Gasteiger partial charge in [0.2, 0.25) is 0 Å². The smallest absolute Gasteiger partial charge is 0.191 e. The monoisotopic (exact) mass is 390 g/mol. The summed E-state index contributed by atoms with van der Waals surface area (Å²) in [5, 5.41) is 12.0. The van der Waals surface area contributed by atoms with Crippen molar-refractivity contribution >= 4 is 17.6 Å². The van der Waals surface area contributed by atoms with Gasteiger partial charge in [-0.3, -0.25) is 4.99 Å². The third-order valence-electron chi connectivity index (χ3n) is 4.47. The van der Waals surface area contributed by atoms with Crippen LogP contribution < -0.4 is 15.4 Å². The van der Waals surface area contributed by atoms with Gasteiger partial charge in [0.15, 0.2) is 11.8 Å². The van der Waals surface area contributed by atoms with E-state index in [9.17, 15) is 0 Å². The molecule has 146 valence electrons. The van der Waals surface area contributed by atoms with Crippen molar-refractivity contribution in [2.75, 3.05) is 13.6 Å². The molecule has 0 fully saturated rings. The van der Waals surface area contributed by atoms with Crippen molar-refractivity contribution in [1.82, 2.24) is 25.4 Å². The molecule has 1 aromatic carbocycles. The largest absolute Gasteiger partial charge is 0.489 e. The van der Waals surface area contributed by atoms with Crippen LogP contribution in [-0.2, 0) is 19.4 Å². The van der Waals surface area contributed by atoms with Crippen molar-refractivity contribution in [2.24, 2.45) is 4.99 Å². The van der Waals surface area contributed by atoms with Crippen molar-refractivity contribution in [2.45, 2.75) is 51.8 Å². The van der Waals surface area contributed by atoms with Gasteiger partial charge in [-0.05, 0) is 31.5 Å². The normalized spacial score (nSPS) is 17.9. The number of nitrogens with one attached hydrogen (secondary N) is 2. The van der Waals surface area contributed by atoms with Gasteiger partial charge in [-0.15, -0.1) is 0 Å². The highest BCUT2D eigenvalue weighted by Crippen LogP contribution is 2.18. The van der Waals surface area contributed by atoms with Crippen LogP contribution in [0.5, 0.6) is 5.75 Å². The molecular formula is C19H27ClN6O. The predicted molar refractivity (Wildman–Crippen MR) is 108 cm³/mol. The van der Waals surface area contributed by atoms with Gasteiger partial charge >= 0.3 is 0 Å². The van der Waals surface area contributed by atoms with Crippen molar-refractivity contribution < 1.29 is 4.74 Å². The van der Waals surface area contributed by atoms with Gasteiger partial charge in [-0.25, -0.2) is 9.67 Å². The average Bonchev–Trinajstić information content (AvgIpc) is 3.07. The van der Waals surface area contributed by atoms with E-state index < -0.39 is 0 Å². The Morgan fingerprint density at radius 3 is 3.07 bits per heavy atom. The third kappa shape index (κ3) is 5.35. The van der Waals surface area contributed by atoms with E-state index in [-0.39, 0.29) is 12.1 Å². The summed E-state index contributed by atoms with van der Waals surface area (Å²) >= 11 is 6.00. The number of nitrogens with zero attached hydrogens (tertiary/aromatic N) is 4. The van der Waals surface area contributed by atoms with Gasteiger partial charge in [0.25, 0.3) is 0 Å². The minimum Gasteiger partial charge on any atom is -0.489 e. The number of rotatable bonds is 6. The number of hydrogen-bond acceptors (Lipinski definition) is 4. The third-order valence-corrected chi connectivity index (χ3v) is 4.71. The number of aryl methyl sites for hydroxylation is 2. The molecule has 0 spiro atoms. The van der Waals surface area contributed by atoms with Crippen LogP contribution in [0, 0.1) is 0 Å². The summed E-state index contributed by atoms with van der Waals surface area (Å²) in [5.41, 5.74) is 0. The highest BCUT2D eigenvalue weighted by Gasteiger charge is 2.22. The molecule has 0 amide bonds. The Kier molecular flexibility index (Phi) is 6.55. The van der Waals surface area contributed by atoms with E-state index in [1.54, 1.807) is 7.05 Å². The lowest BCUT2D eigenvalue weighted by atomic mass is 10.1. The fourth-order valence-corrected chi connectivity index (χ4v) is 3.25. The van der Waals surface area contributed by atoms with Gasteiger partial charge in [0, 0.05) is 31.0 Å².